The van der Waals surface area contributed by atoms with Crippen molar-refractivity contribution in [2.75, 3.05) is 6.54 Å². The standard InChI is InChI=1S/C10H8O.C6H15N5.ClH/c11-10-7-3-5-8-4-1-2-6-9(8)10;1-2-3-4-10-6(9)11-5(7)8;/h1-7,11H;2-4H2,1H3,(H6,7,8,9,10,11);1H. The van der Waals surface area contributed by atoms with Gasteiger partial charge in [-0.3, -0.25) is 16.1 Å². The molecule has 0 aliphatic rings. The zero-order valence-corrected chi connectivity index (χ0v) is 13.9. The lowest BCUT2D eigenvalue weighted by molar-refractivity contribution is 0.481. The molecule has 2 aromatic carbocycles. The van der Waals surface area contributed by atoms with Crippen molar-refractivity contribution in [3.8, 4) is 5.75 Å². The van der Waals surface area contributed by atoms with E-state index in [0.29, 0.717) is 5.75 Å². The van der Waals surface area contributed by atoms with E-state index in [1.807, 2.05) is 36.4 Å². The maximum atomic E-state index is 9.37. The Kier molecular flexibility index (Phi) is 9.95. The van der Waals surface area contributed by atoms with Crippen molar-refractivity contribution >= 4 is 35.1 Å². The van der Waals surface area contributed by atoms with E-state index in [1.165, 1.54) is 0 Å². The summed E-state index contributed by atoms with van der Waals surface area (Å²) in [6, 6.07) is 13.3. The first-order valence-electron chi connectivity index (χ1n) is 7.14. The minimum Gasteiger partial charge on any atom is -0.507 e. The largest absolute Gasteiger partial charge is 0.507 e. The lowest BCUT2D eigenvalue weighted by Crippen LogP contribution is -2.43. The molecular weight excluding hydrogens is 314 g/mol. The zero-order valence-electron chi connectivity index (χ0n) is 13.1. The molecule has 0 radical (unpaired) electrons. The number of hydrogen-bond acceptors (Lipinski definition) is 3. The van der Waals surface area contributed by atoms with E-state index in [1.54, 1.807) is 6.07 Å². The van der Waals surface area contributed by atoms with E-state index in [0.717, 1.165) is 30.2 Å². The summed E-state index contributed by atoms with van der Waals surface area (Å²) in [7, 11) is 0. The van der Waals surface area contributed by atoms with Crippen LogP contribution < -0.4 is 16.4 Å². The summed E-state index contributed by atoms with van der Waals surface area (Å²) in [5.41, 5.74) is 4.99. The third kappa shape index (κ3) is 7.92. The van der Waals surface area contributed by atoms with Gasteiger partial charge in [0.25, 0.3) is 0 Å². The Morgan fingerprint density at radius 2 is 1.78 bits per heavy atom. The summed E-state index contributed by atoms with van der Waals surface area (Å²) < 4.78 is 0. The lowest BCUT2D eigenvalue weighted by Gasteiger charge is -2.06. The van der Waals surface area contributed by atoms with Crippen molar-refractivity contribution < 1.29 is 5.11 Å². The van der Waals surface area contributed by atoms with Crippen LogP contribution in [0.25, 0.3) is 10.8 Å². The fourth-order valence-electron chi connectivity index (χ4n) is 1.78. The minimum atomic E-state index is -0.209. The summed E-state index contributed by atoms with van der Waals surface area (Å²) >= 11 is 0. The molecule has 7 N–H and O–H groups in total. The van der Waals surface area contributed by atoms with Crippen LogP contribution in [0.3, 0.4) is 0 Å². The van der Waals surface area contributed by atoms with Crippen LogP contribution in [0.5, 0.6) is 5.75 Å². The molecule has 0 bridgehead atoms. The van der Waals surface area contributed by atoms with Crippen molar-refractivity contribution in [2.24, 2.45) is 5.73 Å². The summed E-state index contributed by atoms with van der Waals surface area (Å²) in [5.74, 6) is 0.230. The number of benzene rings is 2. The van der Waals surface area contributed by atoms with Gasteiger partial charge in [0.05, 0.1) is 0 Å². The van der Waals surface area contributed by atoms with Crippen molar-refractivity contribution in [1.29, 1.82) is 10.8 Å². The molecule has 2 rings (SSSR count). The number of nitrogens with one attached hydrogen (secondary N) is 4. The number of guanidine groups is 2. The number of nitrogens with two attached hydrogens (primary N) is 1. The van der Waals surface area contributed by atoms with Gasteiger partial charge in [-0.1, -0.05) is 49.7 Å². The number of halogens is 1. The first-order chi connectivity index (χ1) is 10.5. The van der Waals surface area contributed by atoms with Gasteiger partial charge in [0, 0.05) is 11.9 Å². The van der Waals surface area contributed by atoms with E-state index >= 15 is 0 Å². The molecule has 0 atom stereocenters. The number of hydrogen-bond donors (Lipinski definition) is 6. The topological polar surface area (TPSA) is 118 Å². The van der Waals surface area contributed by atoms with Gasteiger partial charge in [0.2, 0.25) is 0 Å². The molecule has 0 amide bonds. The van der Waals surface area contributed by atoms with Crippen LogP contribution in [0.4, 0.5) is 0 Å². The zero-order chi connectivity index (χ0) is 16.4. The van der Waals surface area contributed by atoms with Gasteiger partial charge in [0.1, 0.15) is 5.75 Å². The molecule has 0 heterocycles. The van der Waals surface area contributed by atoms with E-state index < -0.39 is 0 Å². The third-order valence-electron chi connectivity index (χ3n) is 2.86. The van der Waals surface area contributed by atoms with Crippen molar-refractivity contribution in [3.63, 3.8) is 0 Å². The van der Waals surface area contributed by atoms with Crippen LogP contribution in [-0.2, 0) is 0 Å². The van der Waals surface area contributed by atoms with Gasteiger partial charge in [-0.15, -0.1) is 12.4 Å². The molecule has 0 saturated heterocycles. The Morgan fingerprint density at radius 3 is 2.39 bits per heavy atom. The maximum absolute atomic E-state index is 9.37. The smallest absolute Gasteiger partial charge is 0.195 e. The molecule has 6 nitrogen and oxygen atoms in total. The summed E-state index contributed by atoms with van der Waals surface area (Å²) in [6.45, 7) is 2.82. The predicted molar refractivity (Wildman–Crippen MR) is 98.5 cm³/mol. The molecule has 7 heteroatoms. The van der Waals surface area contributed by atoms with Gasteiger partial charge < -0.3 is 16.2 Å². The van der Waals surface area contributed by atoms with E-state index in [9.17, 15) is 5.11 Å². The normalized spacial score (nSPS) is 9.09. The monoisotopic (exact) mass is 337 g/mol. The van der Waals surface area contributed by atoms with Crippen LogP contribution >= 0.6 is 12.4 Å². The lowest BCUT2D eigenvalue weighted by atomic mass is 10.1. The highest BCUT2D eigenvalue weighted by Crippen LogP contribution is 2.22. The first kappa shape index (κ1) is 20.5. The Labute approximate surface area is 142 Å². The van der Waals surface area contributed by atoms with E-state index in [4.69, 9.17) is 16.6 Å². The second-order valence-corrected chi connectivity index (χ2v) is 4.69. The fourth-order valence-corrected chi connectivity index (χ4v) is 1.78. The molecule has 0 fully saturated rings. The number of fused-ring (bicyclic) bond motifs is 1. The van der Waals surface area contributed by atoms with Crippen LogP contribution in [-0.4, -0.2) is 23.6 Å². The average Bonchev–Trinajstić information content (AvgIpc) is 2.48. The number of phenolic OH excluding ortho intramolecular Hbond substituents is 1. The Hall–Kier alpha value is -2.47. The second kappa shape index (κ2) is 11.1. The van der Waals surface area contributed by atoms with Crippen molar-refractivity contribution in [2.45, 2.75) is 19.8 Å². The SMILES string of the molecule is CCCCNC(=N)NC(=N)N.Cl.Oc1cccc2ccccc12. The highest BCUT2D eigenvalue weighted by molar-refractivity contribution is 5.94. The fraction of sp³-hybridized carbons (Fsp3) is 0.250. The Balaban J connectivity index is 0.000000403. The van der Waals surface area contributed by atoms with Gasteiger partial charge >= 0.3 is 0 Å². The van der Waals surface area contributed by atoms with Crippen LogP contribution in [0.2, 0.25) is 0 Å². The highest BCUT2D eigenvalue weighted by Gasteiger charge is 1.94. The number of aromatic hydroxyl groups is 1. The molecule has 0 spiro atoms. The van der Waals surface area contributed by atoms with Gasteiger partial charge in [-0.05, 0) is 17.9 Å². The Bertz CT molecular complexity index is 627. The highest BCUT2D eigenvalue weighted by atomic mass is 35.5. The van der Waals surface area contributed by atoms with Crippen LogP contribution in [0.1, 0.15) is 19.8 Å². The predicted octanol–water partition coefficient (Wildman–Crippen LogP) is 2.76. The van der Waals surface area contributed by atoms with E-state index in [-0.39, 0.29) is 24.3 Å². The molecule has 2 aromatic rings. The number of rotatable bonds is 3. The summed E-state index contributed by atoms with van der Waals surface area (Å²) in [6.07, 6.45) is 2.10. The number of unbranched alkanes of at least 4 members (excludes halogenated alkanes) is 1. The molecule has 23 heavy (non-hydrogen) atoms. The molecule has 126 valence electrons. The van der Waals surface area contributed by atoms with Crippen LogP contribution in [0, 0.1) is 10.8 Å². The maximum Gasteiger partial charge on any atom is 0.195 e. The summed E-state index contributed by atoms with van der Waals surface area (Å²) in [5, 5.41) is 30.4. The number of phenols is 1. The Morgan fingerprint density at radius 1 is 1.13 bits per heavy atom. The third-order valence-corrected chi connectivity index (χ3v) is 2.86. The van der Waals surface area contributed by atoms with Crippen molar-refractivity contribution in [3.05, 3.63) is 42.5 Å². The van der Waals surface area contributed by atoms with E-state index in [2.05, 4.69) is 17.6 Å². The molecular formula is C16H24ClN5O. The second-order valence-electron chi connectivity index (χ2n) is 4.69. The first-order valence-corrected chi connectivity index (χ1v) is 7.14. The van der Waals surface area contributed by atoms with Gasteiger partial charge in [-0.2, -0.15) is 0 Å². The molecule has 0 aliphatic heterocycles. The van der Waals surface area contributed by atoms with Crippen LogP contribution in [0.15, 0.2) is 42.5 Å². The average molecular weight is 338 g/mol. The summed E-state index contributed by atoms with van der Waals surface area (Å²) in [4.78, 5) is 0. The van der Waals surface area contributed by atoms with Gasteiger partial charge in [0.15, 0.2) is 11.9 Å². The van der Waals surface area contributed by atoms with Gasteiger partial charge in [-0.25, -0.2) is 0 Å². The van der Waals surface area contributed by atoms with Crippen molar-refractivity contribution in [1.82, 2.24) is 10.6 Å². The molecule has 0 aromatic heterocycles. The molecule has 0 aliphatic carbocycles. The minimum absolute atomic E-state index is 0. The molecule has 0 unspecified atom stereocenters. The molecule has 0 saturated carbocycles. The quantitative estimate of drug-likeness (QED) is 0.293.